The zero-order valence-corrected chi connectivity index (χ0v) is 9.51. The summed E-state index contributed by atoms with van der Waals surface area (Å²) in [4.78, 5) is 10.6. The van der Waals surface area contributed by atoms with Crippen LogP contribution in [-0.2, 0) is 4.79 Å². The van der Waals surface area contributed by atoms with E-state index in [1.165, 1.54) is 6.92 Å². The lowest BCUT2D eigenvalue weighted by Gasteiger charge is -2.18. The average molecular weight is 221 g/mol. The fraction of sp³-hybridized carbons (Fsp3) is 0.889. The molecule has 5 heteroatoms. The molecule has 0 aliphatic heterocycles. The number of hydrogen-bond donors (Lipinski definition) is 3. The Kier molecular flexibility index (Phi) is 6.15. The van der Waals surface area contributed by atoms with Gasteiger partial charge in [0.2, 0.25) is 0 Å². The molecule has 0 aliphatic rings. The molecule has 4 N–H and O–H groups in total. The van der Waals surface area contributed by atoms with Crippen molar-refractivity contribution in [3.05, 3.63) is 0 Å². The number of rotatable bonds is 7. The van der Waals surface area contributed by atoms with Gasteiger partial charge in [0, 0.05) is 6.61 Å². The van der Waals surface area contributed by atoms with Crippen LogP contribution in [0.3, 0.4) is 0 Å². The number of carboxylic acids is 1. The summed E-state index contributed by atoms with van der Waals surface area (Å²) in [6, 6.07) is 0. The van der Waals surface area contributed by atoms with E-state index >= 15 is 0 Å². The van der Waals surface area contributed by atoms with Crippen LogP contribution in [-0.4, -0.2) is 39.8 Å². The van der Waals surface area contributed by atoms with E-state index in [2.05, 4.69) is 0 Å². The van der Waals surface area contributed by atoms with Crippen LogP contribution in [0, 0.1) is 5.92 Å². The summed E-state index contributed by atoms with van der Waals surface area (Å²) >= 11 is 1.63. The number of aliphatic carboxylic acids is 1. The number of carboxylic acid groups (broad SMARTS) is 1. The van der Waals surface area contributed by atoms with Crippen LogP contribution in [0.15, 0.2) is 0 Å². The summed E-state index contributed by atoms with van der Waals surface area (Å²) in [5.41, 5.74) is 4.42. The number of carbonyl (C=O) groups is 1. The Hall–Kier alpha value is -0.260. The molecule has 0 spiro atoms. The summed E-state index contributed by atoms with van der Waals surface area (Å²) in [6.45, 7) is 3.64. The maximum atomic E-state index is 10.6. The standard InChI is InChI=1S/C9H19NO3S/c1-7(5-11)6-14-4-3-9(2,10)8(12)13/h7,11H,3-6,10H2,1-2H3,(H,12,13). The van der Waals surface area contributed by atoms with Gasteiger partial charge in [-0.1, -0.05) is 6.92 Å². The molecular weight excluding hydrogens is 202 g/mol. The van der Waals surface area contributed by atoms with Gasteiger partial charge in [0.1, 0.15) is 5.54 Å². The van der Waals surface area contributed by atoms with E-state index in [9.17, 15) is 4.79 Å². The van der Waals surface area contributed by atoms with E-state index in [0.29, 0.717) is 12.2 Å². The highest BCUT2D eigenvalue weighted by Crippen LogP contribution is 2.14. The maximum Gasteiger partial charge on any atom is 0.323 e. The van der Waals surface area contributed by atoms with E-state index in [1.807, 2.05) is 6.92 Å². The summed E-state index contributed by atoms with van der Waals surface area (Å²) in [6.07, 6.45) is 0.450. The van der Waals surface area contributed by atoms with Crippen molar-refractivity contribution < 1.29 is 15.0 Å². The Morgan fingerprint density at radius 2 is 2.21 bits per heavy atom. The smallest absolute Gasteiger partial charge is 0.323 e. The third-order valence-electron chi connectivity index (χ3n) is 1.97. The van der Waals surface area contributed by atoms with Gasteiger partial charge in [-0.05, 0) is 30.8 Å². The lowest BCUT2D eigenvalue weighted by molar-refractivity contribution is -0.142. The Bertz CT molecular complexity index is 185. The topological polar surface area (TPSA) is 83.5 Å². The first-order chi connectivity index (χ1) is 6.40. The van der Waals surface area contributed by atoms with Gasteiger partial charge in [0.15, 0.2) is 0 Å². The molecule has 4 nitrogen and oxygen atoms in total. The zero-order valence-electron chi connectivity index (χ0n) is 8.69. The number of aliphatic hydroxyl groups is 1. The highest BCUT2D eigenvalue weighted by molar-refractivity contribution is 7.99. The molecule has 0 rings (SSSR count). The molecule has 0 bridgehead atoms. The largest absolute Gasteiger partial charge is 0.480 e. The third-order valence-corrected chi connectivity index (χ3v) is 3.27. The van der Waals surface area contributed by atoms with Crippen LogP contribution in [0.1, 0.15) is 20.3 Å². The monoisotopic (exact) mass is 221 g/mol. The Balaban J connectivity index is 3.59. The Morgan fingerprint density at radius 3 is 2.64 bits per heavy atom. The van der Waals surface area contributed by atoms with Crippen molar-refractivity contribution in [3.63, 3.8) is 0 Å². The molecule has 2 unspecified atom stereocenters. The summed E-state index contributed by atoms with van der Waals surface area (Å²) in [5.74, 6) is 0.845. The average Bonchev–Trinajstić information content (AvgIpc) is 2.11. The molecule has 0 saturated heterocycles. The normalized spacial score (nSPS) is 17.4. The molecule has 0 saturated carbocycles. The summed E-state index contributed by atoms with van der Waals surface area (Å²) in [5, 5.41) is 17.5. The Morgan fingerprint density at radius 1 is 1.64 bits per heavy atom. The second-order valence-corrected chi connectivity index (χ2v) is 4.99. The minimum atomic E-state index is -1.13. The maximum absolute atomic E-state index is 10.6. The lowest BCUT2D eigenvalue weighted by Crippen LogP contribution is -2.45. The number of nitrogens with two attached hydrogens (primary N) is 1. The number of hydrogen-bond acceptors (Lipinski definition) is 4. The molecule has 84 valence electrons. The predicted octanol–water partition coefficient (Wildman–Crippen LogP) is 0.540. The fourth-order valence-corrected chi connectivity index (χ4v) is 1.97. The Labute approximate surface area is 88.9 Å². The van der Waals surface area contributed by atoms with E-state index in [-0.39, 0.29) is 12.5 Å². The predicted molar refractivity (Wildman–Crippen MR) is 58.4 cm³/mol. The molecule has 0 aromatic carbocycles. The minimum absolute atomic E-state index is 0.172. The first-order valence-electron chi connectivity index (χ1n) is 4.61. The molecule has 0 heterocycles. The molecule has 14 heavy (non-hydrogen) atoms. The molecular formula is C9H19NO3S. The van der Waals surface area contributed by atoms with Gasteiger partial charge < -0.3 is 15.9 Å². The second kappa shape index (κ2) is 6.27. The van der Waals surface area contributed by atoms with Gasteiger partial charge in [-0.3, -0.25) is 4.79 Å². The highest BCUT2D eigenvalue weighted by Gasteiger charge is 2.26. The molecule has 0 aromatic heterocycles. The number of aliphatic hydroxyl groups excluding tert-OH is 1. The quantitative estimate of drug-likeness (QED) is 0.546. The molecule has 2 atom stereocenters. The van der Waals surface area contributed by atoms with Crippen molar-refractivity contribution in [1.29, 1.82) is 0 Å². The van der Waals surface area contributed by atoms with Gasteiger partial charge in [-0.15, -0.1) is 0 Å². The fourth-order valence-electron chi connectivity index (χ4n) is 0.728. The van der Waals surface area contributed by atoms with Crippen molar-refractivity contribution in [2.24, 2.45) is 11.7 Å². The third kappa shape index (κ3) is 5.47. The first kappa shape index (κ1) is 13.7. The van der Waals surface area contributed by atoms with Gasteiger partial charge in [-0.2, -0.15) is 11.8 Å². The van der Waals surface area contributed by atoms with Crippen molar-refractivity contribution in [1.82, 2.24) is 0 Å². The van der Waals surface area contributed by atoms with E-state index in [0.717, 1.165) is 5.75 Å². The highest BCUT2D eigenvalue weighted by atomic mass is 32.2. The van der Waals surface area contributed by atoms with Crippen LogP contribution in [0.25, 0.3) is 0 Å². The summed E-state index contributed by atoms with van der Waals surface area (Å²) < 4.78 is 0. The minimum Gasteiger partial charge on any atom is -0.480 e. The van der Waals surface area contributed by atoms with E-state index in [1.54, 1.807) is 11.8 Å². The number of thioether (sulfide) groups is 1. The van der Waals surface area contributed by atoms with Crippen molar-refractivity contribution in [3.8, 4) is 0 Å². The SMILES string of the molecule is CC(CO)CSCCC(C)(N)C(=O)O. The second-order valence-electron chi connectivity index (χ2n) is 3.84. The summed E-state index contributed by atoms with van der Waals surface area (Å²) in [7, 11) is 0. The van der Waals surface area contributed by atoms with Crippen molar-refractivity contribution in [2.45, 2.75) is 25.8 Å². The van der Waals surface area contributed by atoms with Crippen LogP contribution in [0.4, 0.5) is 0 Å². The molecule has 0 amide bonds. The molecule has 0 aliphatic carbocycles. The molecule has 0 fully saturated rings. The van der Waals surface area contributed by atoms with Gasteiger partial charge in [0.25, 0.3) is 0 Å². The first-order valence-corrected chi connectivity index (χ1v) is 5.76. The zero-order chi connectivity index (χ0) is 11.2. The van der Waals surface area contributed by atoms with Gasteiger partial charge >= 0.3 is 5.97 Å². The van der Waals surface area contributed by atoms with E-state index < -0.39 is 11.5 Å². The van der Waals surface area contributed by atoms with Gasteiger partial charge in [0.05, 0.1) is 0 Å². The van der Waals surface area contributed by atoms with E-state index in [4.69, 9.17) is 15.9 Å². The van der Waals surface area contributed by atoms with Crippen LogP contribution < -0.4 is 5.73 Å². The van der Waals surface area contributed by atoms with Gasteiger partial charge in [-0.25, -0.2) is 0 Å². The van der Waals surface area contributed by atoms with Crippen LogP contribution in [0.2, 0.25) is 0 Å². The van der Waals surface area contributed by atoms with Crippen LogP contribution >= 0.6 is 11.8 Å². The molecule has 0 radical (unpaired) electrons. The lowest BCUT2D eigenvalue weighted by atomic mass is 10.0. The van der Waals surface area contributed by atoms with Crippen molar-refractivity contribution >= 4 is 17.7 Å². The molecule has 0 aromatic rings. The van der Waals surface area contributed by atoms with Crippen molar-refractivity contribution in [2.75, 3.05) is 18.1 Å². The van der Waals surface area contributed by atoms with Crippen LogP contribution in [0.5, 0.6) is 0 Å².